The van der Waals surface area contributed by atoms with Crippen molar-refractivity contribution in [3.05, 3.63) is 54.1 Å². The van der Waals surface area contributed by atoms with Gasteiger partial charge in [-0.1, -0.05) is 48.2 Å². The smallest absolute Gasteiger partial charge is 0.230 e. The van der Waals surface area contributed by atoms with Crippen LogP contribution in [0.25, 0.3) is 11.4 Å². The van der Waals surface area contributed by atoms with Gasteiger partial charge in [0.05, 0.1) is 20.0 Å². The maximum absolute atomic E-state index is 12.2. The quantitative estimate of drug-likeness (QED) is 0.545. The third kappa shape index (κ3) is 5.29. The van der Waals surface area contributed by atoms with Gasteiger partial charge < -0.3 is 19.4 Å². The second-order valence-electron chi connectivity index (χ2n) is 6.31. The van der Waals surface area contributed by atoms with Gasteiger partial charge >= 0.3 is 0 Å². The summed E-state index contributed by atoms with van der Waals surface area (Å²) in [6.45, 7) is 0.545. The molecule has 3 rings (SSSR count). The molecule has 29 heavy (non-hydrogen) atoms. The van der Waals surface area contributed by atoms with Crippen LogP contribution < -0.4 is 14.8 Å². The predicted molar refractivity (Wildman–Crippen MR) is 113 cm³/mol. The van der Waals surface area contributed by atoms with Crippen molar-refractivity contribution < 1.29 is 14.3 Å². The van der Waals surface area contributed by atoms with Crippen molar-refractivity contribution in [2.24, 2.45) is 7.05 Å². The molecule has 0 spiro atoms. The van der Waals surface area contributed by atoms with Crippen LogP contribution in [0.4, 0.5) is 0 Å². The SMILES string of the molecule is COc1ccc(CCNC(=O)CSc2nnc(-c3ccccc3)n2C)cc1OC. The van der Waals surface area contributed by atoms with E-state index in [-0.39, 0.29) is 11.7 Å². The highest BCUT2D eigenvalue weighted by molar-refractivity contribution is 7.99. The molecule has 7 nitrogen and oxygen atoms in total. The van der Waals surface area contributed by atoms with Crippen LogP contribution in [0.3, 0.4) is 0 Å². The molecule has 1 amide bonds. The molecule has 0 saturated carbocycles. The van der Waals surface area contributed by atoms with Crippen LogP contribution in [0.1, 0.15) is 5.56 Å². The highest BCUT2D eigenvalue weighted by Crippen LogP contribution is 2.27. The van der Waals surface area contributed by atoms with E-state index in [9.17, 15) is 4.79 Å². The minimum Gasteiger partial charge on any atom is -0.493 e. The number of carbonyl (C=O) groups is 1. The number of hydrogen-bond acceptors (Lipinski definition) is 6. The highest BCUT2D eigenvalue weighted by atomic mass is 32.2. The summed E-state index contributed by atoms with van der Waals surface area (Å²) >= 11 is 1.37. The number of ether oxygens (including phenoxy) is 2. The van der Waals surface area contributed by atoms with Crippen LogP contribution in [-0.2, 0) is 18.3 Å². The number of rotatable bonds is 9. The second-order valence-corrected chi connectivity index (χ2v) is 7.25. The van der Waals surface area contributed by atoms with E-state index in [1.165, 1.54) is 11.8 Å². The number of aromatic nitrogens is 3. The standard InChI is InChI=1S/C21H24N4O3S/c1-25-20(16-7-5-4-6-8-16)23-24-21(25)29-14-19(26)22-12-11-15-9-10-17(27-2)18(13-15)28-3/h4-10,13H,11-12,14H2,1-3H3,(H,22,26). The molecule has 0 unspecified atom stereocenters. The summed E-state index contributed by atoms with van der Waals surface area (Å²) < 4.78 is 12.4. The van der Waals surface area contributed by atoms with Crippen LogP contribution in [-0.4, -0.2) is 47.2 Å². The summed E-state index contributed by atoms with van der Waals surface area (Å²) in [4.78, 5) is 12.2. The molecule has 0 radical (unpaired) electrons. The first-order valence-electron chi connectivity index (χ1n) is 9.17. The minimum absolute atomic E-state index is 0.0419. The van der Waals surface area contributed by atoms with E-state index in [4.69, 9.17) is 9.47 Å². The summed E-state index contributed by atoms with van der Waals surface area (Å²) in [5.74, 6) is 2.40. The molecule has 0 saturated heterocycles. The largest absolute Gasteiger partial charge is 0.493 e. The van der Waals surface area contributed by atoms with Gasteiger partial charge in [-0.3, -0.25) is 4.79 Å². The Hall–Kier alpha value is -3.00. The fraction of sp³-hybridized carbons (Fsp3) is 0.286. The van der Waals surface area contributed by atoms with E-state index in [0.29, 0.717) is 29.6 Å². The monoisotopic (exact) mass is 412 g/mol. The number of amides is 1. The highest BCUT2D eigenvalue weighted by Gasteiger charge is 2.12. The first-order valence-corrected chi connectivity index (χ1v) is 10.2. The Balaban J connectivity index is 1.48. The zero-order valence-electron chi connectivity index (χ0n) is 16.7. The summed E-state index contributed by atoms with van der Waals surface area (Å²) in [7, 11) is 5.12. The molecule has 8 heteroatoms. The number of carbonyl (C=O) groups excluding carboxylic acids is 1. The lowest BCUT2D eigenvalue weighted by molar-refractivity contribution is -0.118. The maximum Gasteiger partial charge on any atom is 0.230 e. The normalized spacial score (nSPS) is 10.6. The molecular weight excluding hydrogens is 388 g/mol. The number of nitrogens with one attached hydrogen (secondary N) is 1. The van der Waals surface area contributed by atoms with Crippen LogP contribution in [0, 0.1) is 0 Å². The third-order valence-electron chi connectivity index (χ3n) is 4.38. The number of nitrogens with zero attached hydrogens (tertiary/aromatic N) is 3. The summed E-state index contributed by atoms with van der Waals surface area (Å²) in [6, 6.07) is 15.6. The fourth-order valence-electron chi connectivity index (χ4n) is 2.84. The van der Waals surface area contributed by atoms with Crippen LogP contribution >= 0.6 is 11.8 Å². The Morgan fingerprint density at radius 3 is 2.55 bits per heavy atom. The second kappa shape index (κ2) is 9.97. The molecule has 152 valence electrons. The van der Waals surface area contributed by atoms with E-state index < -0.39 is 0 Å². The van der Waals surface area contributed by atoms with Gasteiger partial charge in [0.15, 0.2) is 22.5 Å². The van der Waals surface area contributed by atoms with Crippen molar-refractivity contribution in [2.75, 3.05) is 26.5 Å². The fourth-order valence-corrected chi connectivity index (χ4v) is 3.58. The van der Waals surface area contributed by atoms with Crippen molar-refractivity contribution in [1.29, 1.82) is 0 Å². The number of methoxy groups -OCH3 is 2. The molecule has 1 heterocycles. The molecule has 2 aromatic carbocycles. The van der Waals surface area contributed by atoms with E-state index >= 15 is 0 Å². The van der Waals surface area contributed by atoms with Gasteiger partial charge in [0, 0.05) is 19.2 Å². The van der Waals surface area contributed by atoms with Crippen LogP contribution in [0.15, 0.2) is 53.7 Å². The van der Waals surface area contributed by atoms with Crippen molar-refractivity contribution >= 4 is 17.7 Å². The molecule has 3 aromatic rings. The summed E-state index contributed by atoms with van der Waals surface area (Å²) in [6.07, 6.45) is 0.707. The molecule has 0 aliphatic carbocycles. The average Bonchev–Trinajstić information content (AvgIpc) is 3.13. The Morgan fingerprint density at radius 1 is 1.07 bits per heavy atom. The first kappa shape index (κ1) is 20.7. The lowest BCUT2D eigenvalue weighted by Crippen LogP contribution is -2.27. The molecule has 0 bridgehead atoms. The average molecular weight is 413 g/mol. The number of thioether (sulfide) groups is 1. The zero-order valence-corrected chi connectivity index (χ0v) is 17.5. The molecule has 0 aliphatic heterocycles. The van der Waals surface area contributed by atoms with Crippen molar-refractivity contribution in [1.82, 2.24) is 20.1 Å². The van der Waals surface area contributed by atoms with Gasteiger partial charge in [0.1, 0.15) is 0 Å². The molecule has 0 atom stereocenters. The van der Waals surface area contributed by atoms with Crippen LogP contribution in [0.5, 0.6) is 11.5 Å². The number of hydrogen-bond donors (Lipinski definition) is 1. The number of benzene rings is 2. The van der Waals surface area contributed by atoms with Gasteiger partial charge in [-0.05, 0) is 24.1 Å². The summed E-state index contributed by atoms with van der Waals surface area (Å²) in [5, 5.41) is 12.1. The molecule has 0 aliphatic rings. The van der Waals surface area contributed by atoms with Crippen molar-refractivity contribution in [3.63, 3.8) is 0 Å². The molecular formula is C21H24N4O3S. The van der Waals surface area contributed by atoms with Crippen LogP contribution in [0.2, 0.25) is 0 Å². The zero-order chi connectivity index (χ0) is 20.6. The van der Waals surface area contributed by atoms with E-state index in [1.807, 2.05) is 60.1 Å². The molecule has 1 aromatic heterocycles. The van der Waals surface area contributed by atoms with Crippen molar-refractivity contribution in [3.8, 4) is 22.9 Å². The minimum atomic E-state index is -0.0419. The Labute approximate surface area is 174 Å². The first-order chi connectivity index (χ1) is 14.1. The topological polar surface area (TPSA) is 78.3 Å². The van der Waals surface area contributed by atoms with Crippen molar-refractivity contribution in [2.45, 2.75) is 11.6 Å². The Bertz CT molecular complexity index is 960. The van der Waals surface area contributed by atoms with Gasteiger partial charge in [0.25, 0.3) is 0 Å². The Morgan fingerprint density at radius 2 is 1.83 bits per heavy atom. The van der Waals surface area contributed by atoms with E-state index in [1.54, 1.807) is 14.2 Å². The lowest BCUT2D eigenvalue weighted by atomic mass is 10.1. The molecule has 1 N–H and O–H groups in total. The van der Waals surface area contributed by atoms with E-state index in [0.717, 1.165) is 17.0 Å². The predicted octanol–water partition coefficient (Wildman–Crippen LogP) is 2.95. The molecule has 0 fully saturated rings. The van der Waals surface area contributed by atoms with E-state index in [2.05, 4.69) is 15.5 Å². The maximum atomic E-state index is 12.2. The third-order valence-corrected chi connectivity index (χ3v) is 5.40. The van der Waals surface area contributed by atoms with Gasteiger partial charge in [0.2, 0.25) is 5.91 Å². The van der Waals surface area contributed by atoms with Gasteiger partial charge in [-0.15, -0.1) is 10.2 Å². The Kier molecular flexibility index (Phi) is 7.13. The van der Waals surface area contributed by atoms with Gasteiger partial charge in [-0.25, -0.2) is 0 Å². The lowest BCUT2D eigenvalue weighted by Gasteiger charge is -2.10. The summed E-state index contributed by atoms with van der Waals surface area (Å²) in [5.41, 5.74) is 2.06. The van der Waals surface area contributed by atoms with Gasteiger partial charge in [-0.2, -0.15) is 0 Å².